The summed E-state index contributed by atoms with van der Waals surface area (Å²) >= 11 is 1.53. The second-order valence-corrected chi connectivity index (χ2v) is 6.11. The third-order valence-electron chi connectivity index (χ3n) is 2.33. The van der Waals surface area contributed by atoms with Crippen LogP contribution in [0.1, 0.15) is 27.2 Å². The Labute approximate surface area is 98.9 Å². The highest BCUT2D eigenvalue weighted by atomic mass is 32.2. The number of aliphatic hydroxyl groups excluding tert-OH is 1. The van der Waals surface area contributed by atoms with Crippen molar-refractivity contribution in [1.29, 1.82) is 0 Å². The zero-order chi connectivity index (χ0) is 12.3. The lowest BCUT2D eigenvalue weighted by molar-refractivity contribution is -0.167. The van der Waals surface area contributed by atoms with Crippen LogP contribution in [0.25, 0.3) is 0 Å². The molecule has 5 nitrogen and oxygen atoms in total. The number of hydrogen-bond acceptors (Lipinski definition) is 6. The van der Waals surface area contributed by atoms with Crippen molar-refractivity contribution in [2.45, 2.75) is 49.6 Å². The molecule has 0 aliphatic carbocycles. The van der Waals surface area contributed by atoms with Gasteiger partial charge in [-0.15, -0.1) is 11.8 Å². The minimum atomic E-state index is -1.11. The van der Waals surface area contributed by atoms with Gasteiger partial charge in [0.1, 0.15) is 12.3 Å². The van der Waals surface area contributed by atoms with Crippen molar-refractivity contribution in [2.24, 2.45) is 0 Å². The Balaban J connectivity index is 2.65. The molecule has 92 valence electrons. The first-order valence-corrected chi connectivity index (χ1v) is 6.01. The van der Waals surface area contributed by atoms with Gasteiger partial charge in [0.15, 0.2) is 6.29 Å². The van der Waals surface area contributed by atoms with E-state index in [0.29, 0.717) is 6.42 Å². The first-order chi connectivity index (χ1) is 7.36. The SMILES string of the molecule is CC(O)OC(=O)C1NC(CC=O)SC1(C)C. The van der Waals surface area contributed by atoms with E-state index in [1.54, 1.807) is 0 Å². The Morgan fingerprint density at radius 1 is 1.69 bits per heavy atom. The van der Waals surface area contributed by atoms with Crippen LogP contribution >= 0.6 is 11.8 Å². The quantitative estimate of drug-likeness (QED) is 0.422. The molecular formula is C10H17NO4S. The molecule has 1 aliphatic rings. The monoisotopic (exact) mass is 247 g/mol. The molecule has 3 atom stereocenters. The van der Waals surface area contributed by atoms with Gasteiger partial charge in [-0.3, -0.25) is 10.1 Å². The van der Waals surface area contributed by atoms with Crippen molar-refractivity contribution >= 4 is 24.0 Å². The van der Waals surface area contributed by atoms with E-state index >= 15 is 0 Å². The van der Waals surface area contributed by atoms with Crippen molar-refractivity contribution in [2.75, 3.05) is 0 Å². The Kier molecular flexibility index (Phi) is 4.35. The Morgan fingerprint density at radius 2 is 2.31 bits per heavy atom. The zero-order valence-corrected chi connectivity index (χ0v) is 10.4. The minimum Gasteiger partial charge on any atom is -0.435 e. The molecule has 1 fully saturated rings. The molecule has 0 saturated carbocycles. The van der Waals surface area contributed by atoms with Crippen molar-refractivity contribution in [1.82, 2.24) is 5.32 Å². The maximum atomic E-state index is 11.7. The smallest absolute Gasteiger partial charge is 0.326 e. The number of esters is 1. The van der Waals surface area contributed by atoms with Gasteiger partial charge in [-0.05, 0) is 20.8 Å². The molecular weight excluding hydrogens is 230 g/mol. The van der Waals surface area contributed by atoms with Crippen LogP contribution in [0.3, 0.4) is 0 Å². The Hall–Kier alpha value is -0.590. The molecule has 2 N–H and O–H groups in total. The number of hydrogen-bond donors (Lipinski definition) is 2. The van der Waals surface area contributed by atoms with E-state index < -0.39 is 18.3 Å². The second kappa shape index (κ2) is 5.16. The van der Waals surface area contributed by atoms with Crippen LogP contribution in [-0.4, -0.2) is 39.8 Å². The molecule has 3 unspecified atom stereocenters. The van der Waals surface area contributed by atoms with Gasteiger partial charge in [-0.2, -0.15) is 0 Å². The Bertz CT molecular complexity index is 280. The van der Waals surface area contributed by atoms with Gasteiger partial charge >= 0.3 is 5.97 Å². The van der Waals surface area contributed by atoms with Gasteiger partial charge in [0.25, 0.3) is 0 Å². The van der Waals surface area contributed by atoms with Crippen LogP contribution in [0.4, 0.5) is 0 Å². The number of carbonyl (C=O) groups is 2. The standard InChI is InChI=1S/C10H17NO4S/c1-6(13)15-9(14)8-10(2,3)16-7(11-8)4-5-12/h5-8,11,13H,4H2,1-3H3. The van der Waals surface area contributed by atoms with Crippen molar-refractivity contribution in [3.05, 3.63) is 0 Å². The van der Waals surface area contributed by atoms with E-state index in [2.05, 4.69) is 5.32 Å². The van der Waals surface area contributed by atoms with Crippen LogP contribution in [0.5, 0.6) is 0 Å². The van der Waals surface area contributed by atoms with Gasteiger partial charge in [0, 0.05) is 11.2 Å². The normalized spacial score (nSPS) is 29.8. The summed E-state index contributed by atoms with van der Waals surface area (Å²) in [4.78, 5) is 22.1. The van der Waals surface area contributed by atoms with Gasteiger partial charge in [0.05, 0.1) is 5.37 Å². The molecule has 1 saturated heterocycles. The van der Waals surface area contributed by atoms with Crippen LogP contribution in [0.15, 0.2) is 0 Å². The van der Waals surface area contributed by atoms with Gasteiger partial charge < -0.3 is 14.6 Å². The van der Waals surface area contributed by atoms with Crippen LogP contribution in [-0.2, 0) is 14.3 Å². The predicted molar refractivity (Wildman–Crippen MR) is 60.8 cm³/mol. The van der Waals surface area contributed by atoms with Crippen molar-refractivity contribution in [3.8, 4) is 0 Å². The molecule has 1 rings (SSSR count). The zero-order valence-electron chi connectivity index (χ0n) is 9.60. The summed E-state index contributed by atoms with van der Waals surface area (Å²) in [6, 6.07) is -0.503. The van der Waals surface area contributed by atoms with Gasteiger partial charge in [0.2, 0.25) is 0 Å². The highest BCUT2D eigenvalue weighted by Crippen LogP contribution is 2.39. The molecule has 0 aromatic carbocycles. The largest absolute Gasteiger partial charge is 0.435 e. The topological polar surface area (TPSA) is 75.6 Å². The second-order valence-electron chi connectivity index (χ2n) is 4.25. The molecule has 0 amide bonds. The van der Waals surface area contributed by atoms with E-state index in [1.165, 1.54) is 18.7 Å². The Morgan fingerprint density at radius 3 is 2.81 bits per heavy atom. The number of aldehydes is 1. The van der Waals surface area contributed by atoms with Crippen LogP contribution in [0, 0.1) is 0 Å². The van der Waals surface area contributed by atoms with E-state index in [0.717, 1.165) is 6.29 Å². The number of carbonyl (C=O) groups excluding carboxylic acids is 2. The molecule has 1 aliphatic heterocycles. The van der Waals surface area contributed by atoms with E-state index in [-0.39, 0.29) is 10.1 Å². The summed E-state index contributed by atoms with van der Waals surface area (Å²) in [5.41, 5.74) is 0. The summed E-state index contributed by atoms with van der Waals surface area (Å²) < 4.78 is 4.40. The molecule has 0 bridgehead atoms. The number of thioether (sulfide) groups is 1. The number of ether oxygens (including phenoxy) is 1. The van der Waals surface area contributed by atoms with Crippen molar-refractivity contribution < 1.29 is 19.4 Å². The fourth-order valence-electron chi connectivity index (χ4n) is 1.65. The summed E-state index contributed by atoms with van der Waals surface area (Å²) in [6.07, 6.45) is 0.0654. The number of nitrogens with one attached hydrogen (secondary N) is 1. The molecule has 0 aromatic rings. The van der Waals surface area contributed by atoms with Crippen LogP contribution < -0.4 is 5.32 Å². The lowest BCUT2D eigenvalue weighted by Gasteiger charge is -2.23. The molecule has 6 heteroatoms. The summed E-state index contributed by atoms with van der Waals surface area (Å²) in [5.74, 6) is -0.485. The number of aliphatic hydroxyl groups is 1. The van der Waals surface area contributed by atoms with Gasteiger partial charge in [-0.1, -0.05) is 0 Å². The first kappa shape index (κ1) is 13.5. The minimum absolute atomic E-state index is 0.0703. The highest BCUT2D eigenvalue weighted by Gasteiger charge is 2.45. The van der Waals surface area contributed by atoms with Crippen LogP contribution in [0.2, 0.25) is 0 Å². The average Bonchev–Trinajstić information content (AvgIpc) is 2.40. The molecule has 0 spiro atoms. The maximum absolute atomic E-state index is 11.7. The van der Waals surface area contributed by atoms with Gasteiger partial charge in [-0.25, -0.2) is 0 Å². The molecule has 1 heterocycles. The molecule has 0 radical (unpaired) electrons. The molecule has 0 aromatic heterocycles. The lowest BCUT2D eigenvalue weighted by atomic mass is 10.0. The third-order valence-corrected chi connectivity index (χ3v) is 3.78. The van der Waals surface area contributed by atoms with E-state index in [4.69, 9.17) is 9.84 Å². The summed E-state index contributed by atoms with van der Waals surface area (Å²) in [7, 11) is 0. The average molecular weight is 247 g/mol. The predicted octanol–water partition coefficient (Wildman–Crippen LogP) is 0.267. The van der Waals surface area contributed by atoms with E-state index in [1.807, 2.05) is 13.8 Å². The summed E-state index contributed by atoms with van der Waals surface area (Å²) in [6.45, 7) is 5.20. The maximum Gasteiger partial charge on any atom is 0.326 e. The van der Waals surface area contributed by atoms with E-state index in [9.17, 15) is 9.59 Å². The molecule has 16 heavy (non-hydrogen) atoms. The number of rotatable bonds is 4. The highest BCUT2D eigenvalue weighted by molar-refractivity contribution is 8.01. The first-order valence-electron chi connectivity index (χ1n) is 5.13. The van der Waals surface area contributed by atoms with Crippen molar-refractivity contribution in [3.63, 3.8) is 0 Å². The lowest BCUT2D eigenvalue weighted by Crippen LogP contribution is -2.46. The fourth-order valence-corrected chi connectivity index (χ4v) is 3.06. The summed E-state index contributed by atoms with van der Waals surface area (Å²) in [5, 5.41) is 12.0. The fraction of sp³-hybridized carbons (Fsp3) is 0.800. The third kappa shape index (κ3) is 3.20.